The molecule has 0 radical (unpaired) electrons. The van der Waals surface area contributed by atoms with Crippen LogP contribution in [-0.4, -0.2) is 45.2 Å². The quantitative estimate of drug-likeness (QED) is 0.304. The number of fused-ring (bicyclic) bond motifs is 4. The minimum Gasteiger partial charge on any atom is -0.453 e. The highest BCUT2D eigenvalue weighted by Crippen LogP contribution is 2.46. The van der Waals surface area contributed by atoms with Crippen molar-refractivity contribution in [2.75, 3.05) is 0 Å². The Morgan fingerprint density at radius 2 is 1.92 bits per heavy atom. The van der Waals surface area contributed by atoms with Crippen LogP contribution in [-0.2, 0) is 14.3 Å². The van der Waals surface area contributed by atoms with E-state index in [1.807, 2.05) is 6.08 Å². The van der Waals surface area contributed by atoms with E-state index in [0.29, 0.717) is 24.8 Å². The van der Waals surface area contributed by atoms with Crippen molar-refractivity contribution in [1.29, 1.82) is 0 Å². The number of hydrogen-bond donors (Lipinski definition) is 2. The third-order valence-corrected chi connectivity index (χ3v) is 6.23. The van der Waals surface area contributed by atoms with Crippen molar-refractivity contribution in [2.24, 2.45) is 5.92 Å². The first-order valence-electron chi connectivity index (χ1n) is 9.23. The number of carbonyl (C=O) groups excluding carboxylic acids is 1. The first-order chi connectivity index (χ1) is 11.5. The van der Waals surface area contributed by atoms with E-state index in [0.717, 1.165) is 19.3 Å². The molecule has 0 aromatic carbocycles. The van der Waals surface area contributed by atoms with Crippen LogP contribution < -0.4 is 0 Å². The maximum atomic E-state index is 12.5. The second-order valence-electron chi connectivity index (χ2n) is 8.64. The molecule has 0 spiro atoms. The third-order valence-electron chi connectivity index (χ3n) is 6.23. The summed E-state index contributed by atoms with van der Waals surface area (Å²) in [5, 5.41) is 21.2. The SMILES string of the molecule is C=C1C(=O)OC2(C)CCC1CC1OC1(C)CC=CC(C)(O)CCC2O. The predicted octanol–water partition coefficient (Wildman–Crippen LogP) is 2.65. The molecule has 2 bridgehead atoms. The zero-order chi connectivity index (χ0) is 18.5. The van der Waals surface area contributed by atoms with Crippen LogP contribution in [0.1, 0.15) is 59.3 Å². The van der Waals surface area contributed by atoms with Gasteiger partial charge in [-0.3, -0.25) is 0 Å². The monoisotopic (exact) mass is 350 g/mol. The molecule has 0 amide bonds. The molecule has 1 aliphatic carbocycles. The summed E-state index contributed by atoms with van der Waals surface area (Å²) >= 11 is 0. The van der Waals surface area contributed by atoms with Crippen LogP contribution in [0.25, 0.3) is 0 Å². The number of ether oxygens (including phenoxy) is 2. The van der Waals surface area contributed by atoms with Crippen LogP contribution in [0.5, 0.6) is 0 Å². The van der Waals surface area contributed by atoms with Gasteiger partial charge < -0.3 is 19.7 Å². The highest BCUT2D eigenvalue weighted by atomic mass is 16.6. The van der Waals surface area contributed by atoms with Gasteiger partial charge in [-0.1, -0.05) is 18.7 Å². The Balaban J connectivity index is 1.88. The molecule has 6 atom stereocenters. The Morgan fingerprint density at radius 1 is 1.20 bits per heavy atom. The number of esters is 1. The van der Waals surface area contributed by atoms with Gasteiger partial charge in [-0.15, -0.1) is 0 Å². The maximum absolute atomic E-state index is 12.5. The fraction of sp³-hybridized carbons (Fsp3) is 0.750. The van der Waals surface area contributed by atoms with Gasteiger partial charge in [0.05, 0.1) is 23.4 Å². The largest absolute Gasteiger partial charge is 0.453 e. The van der Waals surface area contributed by atoms with Gasteiger partial charge in [0.15, 0.2) is 0 Å². The lowest BCUT2D eigenvalue weighted by Gasteiger charge is -2.34. The average Bonchev–Trinajstić information content (AvgIpc) is 3.18. The molecular formula is C20H30O5. The van der Waals surface area contributed by atoms with Gasteiger partial charge in [0.2, 0.25) is 0 Å². The summed E-state index contributed by atoms with van der Waals surface area (Å²) in [6.07, 6.45) is 6.51. The summed E-state index contributed by atoms with van der Waals surface area (Å²) in [6, 6.07) is 0. The molecule has 25 heavy (non-hydrogen) atoms. The maximum Gasteiger partial charge on any atom is 0.334 e. The van der Waals surface area contributed by atoms with Crippen molar-refractivity contribution in [1.82, 2.24) is 0 Å². The van der Waals surface area contributed by atoms with E-state index in [1.54, 1.807) is 19.9 Å². The Hall–Kier alpha value is -1.17. The molecule has 2 saturated heterocycles. The zero-order valence-electron chi connectivity index (χ0n) is 15.5. The van der Waals surface area contributed by atoms with Gasteiger partial charge in [-0.2, -0.15) is 0 Å². The van der Waals surface area contributed by atoms with Crippen LogP contribution >= 0.6 is 0 Å². The molecule has 0 saturated carbocycles. The Bertz CT molecular complexity index is 595. The van der Waals surface area contributed by atoms with Crippen LogP contribution in [0.15, 0.2) is 24.3 Å². The molecule has 2 fully saturated rings. The molecule has 3 aliphatic rings. The highest BCUT2D eigenvalue weighted by Gasteiger charge is 2.53. The number of rotatable bonds is 0. The summed E-state index contributed by atoms with van der Waals surface area (Å²) in [5.41, 5.74) is -1.72. The van der Waals surface area contributed by atoms with Gasteiger partial charge in [-0.25, -0.2) is 4.79 Å². The van der Waals surface area contributed by atoms with Crippen molar-refractivity contribution in [3.8, 4) is 0 Å². The third kappa shape index (κ3) is 3.83. The molecule has 0 aromatic rings. The zero-order valence-corrected chi connectivity index (χ0v) is 15.5. The van der Waals surface area contributed by atoms with E-state index in [4.69, 9.17) is 9.47 Å². The van der Waals surface area contributed by atoms with Crippen molar-refractivity contribution < 1.29 is 24.5 Å². The summed E-state index contributed by atoms with van der Waals surface area (Å²) in [7, 11) is 0. The van der Waals surface area contributed by atoms with E-state index >= 15 is 0 Å². The molecule has 140 valence electrons. The number of aliphatic hydroxyl groups excluding tert-OH is 1. The standard InChI is InChI=1S/C20H30O5/c1-13-14-6-11-19(3,25-17(13)22)15(21)7-10-18(2,23)8-5-9-20(4)16(12-14)24-20/h5,8,14-16,21,23H,1,6-7,9-12H2,2-4H3. The normalized spacial score (nSPS) is 48.3. The smallest absolute Gasteiger partial charge is 0.334 e. The van der Waals surface area contributed by atoms with Crippen molar-refractivity contribution in [2.45, 2.75) is 88.3 Å². The number of epoxide rings is 1. The predicted molar refractivity (Wildman–Crippen MR) is 93.9 cm³/mol. The van der Waals surface area contributed by atoms with E-state index in [9.17, 15) is 15.0 Å². The topological polar surface area (TPSA) is 79.3 Å². The lowest BCUT2D eigenvalue weighted by atomic mass is 9.82. The highest BCUT2D eigenvalue weighted by molar-refractivity contribution is 5.89. The van der Waals surface area contributed by atoms with Crippen molar-refractivity contribution >= 4 is 5.97 Å². The molecule has 3 rings (SSSR count). The molecule has 2 aliphatic heterocycles. The lowest BCUT2D eigenvalue weighted by molar-refractivity contribution is -0.166. The minimum absolute atomic E-state index is 0.0170. The first kappa shape index (κ1) is 18.6. The van der Waals surface area contributed by atoms with Crippen LogP contribution in [0.4, 0.5) is 0 Å². The van der Waals surface area contributed by atoms with E-state index in [1.165, 1.54) is 0 Å². The first-order valence-corrected chi connectivity index (χ1v) is 9.23. The number of carbonyl (C=O) groups is 1. The Morgan fingerprint density at radius 3 is 2.64 bits per heavy atom. The fourth-order valence-corrected chi connectivity index (χ4v) is 4.02. The van der Waals surface area contributed by atoms with Crippen LogP contribution in [0, 0.1) is 5.92 Å². The Labute approximate surface area is 149 Å². The molecule has 5 heteroatoms. The Kier molecular flexibility index (Phi) is 4.63. The van der Waals surface area contributed by atoms with E-state index in [2.05, 4.69) is 13.5 Å². The average molecular weight is 350 g/mol. The lowest BCUT2D eigenvalue weighted by Crippen LogP contribution is -2.43. The summed E-state index contributed by atoms with van der Waals surface area (Å²) in [6.45, 7) is 9.52. The van der Waals surface area contributed by atoms with Crippen LogP contribution in [0.2, 0.25) is 0 Å². The fourth-order valence-electron chi connectivity index (χ4n) is 4.02. The molecule has 2 heterocycles. The second-order valence-corrected chi connectivity index (χ2v) is 8.64. The summed E-state index contributed by atoms with van der Waals surface area (Å²) in [5.74, 6) is -0.408. The van der Waals surface area contributed by atoms with Gasteiger partial charge in [0.25, 0.3) is 0 Å². The summed E-state index contributed by atoms with van der Waals surface area (Å²) < 4.78 is 11.5. The van der Waals surface area contributed by atoms with Gasteiger partial charge in [0.1, 0.15) is 5.60 Å². The van der Waals surface area contributed by atoms with Crippen molar-refractivity contribution in [3.63, 3.8) is 0 Å². The second kappa shape index (κ2) is 6.22. The molecule has 0 aromatic heterocycles. The molecular weight excluding hydrogens is 320 g/mol. The van der Waals surface area contributed by atoms with Gasteiger partial charge >= 0.3 is 5.97 Å². The van der Waals surface area contributed by atoms with E-state index < -0.39 is 23.3 Å². The van der Waals surface area contributed by atoms with Gasteiger partial charge in [0, 0.05) is 5.57 Å². The molecule has 6 unspecified atom stereocenters. The van der Waals surface area contributed by atoms with Crippen LogP contribution in [0.3, 0.4) is 0 Å². The van der Waals surface area contributed by atoms with Crippen molar-refractivity contribution in [3.05, 3.63) is 24.3 Å². The minimum atomic E-state index is -1.01. The summed E-state index contributed by atoms with van der Waals surface area (Å²) in [4.78, 5) is 12.5. The van der Waals surface area contributed by atoms with Gasteiger partial charge in [-0.05, 0) is 65.2 Å². The van der Waals surface area contributed by atoms with E-state index in [-0.39, 0.29) is 17.6 Å². The molecule has 2 N–H and O–H groups in total. The number of aliphatic hydroxyl groups is 2. The number of hydrogen-bond acceptors (Lipinski definition) is 5. The molecule has 5 nitrogen and oxygen atoms in total.